The number of amides is 1. The minimum atomic E-state index is -0.139. The number of anilines is 1. The van der Waals surface area contributed by atoms with E-state index >= 15 is 0 Å². The molecule has 3 aromatic rings. The lowest BCUT2D eigenvalue weighted by molar-refractivity contribution is -0.120. The summed E-state index contributed by atoms with van der Waals surface area (Å²) in [7, 11) is 0. The Bertz CT molecular complexity index is 1080. The molecule has 0 radical (unpaired) electrons. The SMILES string of the molecule is Cc1ccc(NC(=O)C2CCCCC2)cc1OCc1cc(=O)n2ccccc2n1. The molecule has 0 unspecified atom stereocenters. The van der Waals surface area contributed by atoms with Crippen LogP contribution < -0.4 is 15.6 Å². The smallest absolute Gasteiger partial charge is 0.258 e. The van der Waals surface area contributed by atoms with Gasteiger partial charge in [-0.1, -0.05) is 31.4 Å². The maximum atomic E-state index is 12.5. The van der Waals surface area contributed by atoms with Crippen molar-refractivity contribution in [3.63, 3.8) is 0 Å². The molecule has 2 aromatic heterocycles. The third kappa shape index (κ3) is 4.47. The van der Waals surface area contributed by atoms with E-state index in [2.05, 4.69) is 10.3 Å². The highest BCUT2D eigenvalue weighted by molar-refractivity contribution is 5.92. The molecule has 1 aliphatic rings. The molecule has 150 valence electrons. The lowest BCUT2D eigenvalue weighted by Crippen LogP contribution is -2.24. The van der Waals surface area contributed by atoms with Crippen LogP contribution in [0.25, 0.3) is 5.65 Å². The molecule has 1 amide bonds. The fourth-order valence-electron chi connectivity index (χ4n) is 3.77. The zero-order chi connectivity index (χ0) is 20.2. The van der Waals surface area contributed by atoms with Gasteiger partial charge in [0.2, 0.25) is 5.91 Å². The summed E-state index contributed by atoms with van der Waals surface area (Å²) in [6.07, 6.45) is 7.09. The Morgan fingerprint density at radius 3 is 2.83 bits per heavy atom. The van der Waals surface area contributed by atoms with E-state index < -0.39 is 0 Å². The van der Waals surface area contributed by atoms with Crippen LogP contribution in [0.1, 0.15) is 43.4 Å². The Hall–Kier alpha value is -3.15. The summed E-state index contributed by atoms with van der Waals surface area (Å²) in [5.74, 6) is 0.856. The Labute approximate surface area is 169 Å². The number of hydrogen-bond donors (Lipinski definition) is 1. The molecule has 6 nitrogen and oxygen atoms in total. The van der Waals surface area contributed by atoms with Crippen LogP contribution >= 0.6 is 0 Å². The molecule has 6 heteroatoms. The number of ether oxygens (including phenoxy) is 1. The lowest BCUT2D eigenvalue weighted by atomic mass is 9.88. The largest absolute Gasteiger partial charge is 0.487 e. The number of nitrogens with one attached hydrogen (secondary N) is 1. The Morgan fingerprint density at radius 2 is 2.00 bits per heavy atom. The van der Waals surface area contributed by atoms with Crippen LogP contribution in [0.2, 0.25) is 0 Å². The number of benzene rings is 1. The summed E-state index contributed by atoms with van der Waals surface area (Å²) < 4.78 is 7.43. The molecule has 0 atom stereocenters. The molecule has 0 spiro atoms. The number of nitrogens with zero attached hydrogens (tertiary/aromatic N) is 2. The number of carbonyl (C=O) groups is 1. The highest BCUT2D eigenvalue weighted by Crippen LogP contribution is 2.27. The second kappa shape index (κ2) is 8.47. The summed E-state index contributed by atoms with van der Waals surface area (Å²) >= 11 is 0. The van der Waals surface area contributed by atoms with Gasteiger partial charge in [0, 0.05) is 29.9 Å². The highest BCUT2D eigenvalue weighted by Gasteiger charge is 2.21. The van der Waals surface area contributed by atoms with Crippen molar-refractivity contribution in [2.24, 2.45) is 5.92 Å². The first-order valence-corrected chi connectivity index (χ1v) is 10.1. The molecular formula is C23H25N3O3. The van der Waals surface area contributed by atoms with Crippen molar-refractivity contribution in [1.29, 1.82) is 0 Å². The van der Waals surface area contributed by atoms with Crippen molar-refractivity contribution >= 4 is 17.2 Å². The van der Waals surface area contributed by atoms with E-state index in [-0.39, 0.29) is 24.0 Å². The maximum Gasteiger partial charge on any atom is 0.258 e. The second-order valence-electron chi connectivity index (χ2n) is 7.61. The first-order chi connectivity index (χ1) is 14.1. The molecule has 1 aromatic carbocycles. The van der Waals surface area contributed by atoms with Crippen LogP contribution in [-0.4, -0.2) is 15.3 Å². The van der Waals surface area contributed by atoms with E-state index in [1.54, 1.807) is 18.3 Å². The third-order valence-electron chi connectivity index (χ3n) is 5.43. The van der Waals surface area contributed by atoms with Gasteiger partial charge in [-0.15, -0.1) is 0 Å². The molecule has 1 fully saturated rings. The van der Waals surface area contributed by atoms with Crippen molar-refractivity contribution in [2.45, 2.75) is 45.6 Å². The molecule has 1 N–H and O–H groups in total. The first kappa shape index (κ1) is 19.2. The van der Waals surface area contributed by atoms with Gasteiger partial charge in [-0.25, -0.2) is 4.98 Å². The molecule has 1 aliphatic carbocycles. The van der Waals surface area contributed by atoms with Gasteiger partial charge < -0.3 is 10.1 Å². The van der Waals surface area contributed by atoms with Crippen LogP contribution in [0, 0.1) is 12.8 Å². The van der Waals surface area contributed by atoms with Gasteiger partial charge in [0.1, 0.15) is 18.0 Å². The number of aromatic nitrogens is 2. The van der Waals surface area contributed by atoms with Crippen molar-refractivity contribution < 1.29 is 9.53 Å². The lowest BCUT2D eigenvalue weighted by Gasteiger charge is -2.21. The Balaban J connectivity index is 1.47. The Kier molecular flexibility index (Phi) is 5.60. The average Bonchev–Trinajstić information content (AvgIpc) is 2.75. The predicted molar refractivity (Wildman–Crippen MR) is 112 cm³/mol. The van der Waals surface area contributed by atoms with Crippen LogP contribution in [0.3, 0.4) is 0 Å². The van der Waals surface area contributed by atoms with E-state index in [0.29, 0.717) is 17.1 Å². The average molecular weight is 391 g/mol. The van der Waals surface area contributed by atoms with Gasteiger partial charge >= 0.3 is 0 Å². The standard InChI is InChI=1S/C23H25N3O3/c1-16-10-11-18(25-23(28)17-7-3-2-4-8-17)13-20(16)29-15-19-14-22(27)26-12-6-5-9-21(26)24-19/h5-6,9-14,17H,2-4,7-8,15H2,1H3,(H,25,28). The monoisotopic (exact) mass is 391 g/mol. The topological polar surface area (TPSA) is 72.7 Å². The first-order valence-electron chi connectivity index (χ1n) is 10.1. The highest BCUT2D eigenvalue weighted by atomic mass is 16.5. The van der Waals surface area contributed by atoms with Gasteiger partial charge in [-0.3, -0.25) is 14.0 Å². The summed E-state index contributed by atoms with van der Waals surface area (Å²) in [6.45, 7) is 2.13. The molecule has 0 aliphatic heterocycles. The van der Waals surface area contributed by atoms with Crippen molar-refractivity contribution in [3.8, 4) is 5.75 Å². The summed E-state index contributed by atoms with van der Waals surface area (Å²) in [6, 6.07) is 12.6. The molecule has 0 saturated heterocycles. The second-order valence-corrected chi connectivity index (χ2v) is 7.61. The van der Waals surface area contributed by atoms with Gasteiger partial charge in [0.15, 0.2) is 0 Å². The number of rotatable bonds is 5. The molecule has 0 bridgehead atoms. The van der Waals surface area contributed by atoms with Crippen LogP contribution in [-0.2, 0) is 11.4 Å². The van der Waals surface area contributed by atoms with Gasteiger partial charge in [-0.05, 0) is 43.5 Å². The van der Waals surface area contributed by atoms with Crippen LogP contribution in [0.15, 0.2) is 53.5 Å². The van der Waals surface area contributed by atoms with Gasteiger partial charge in [-0.2, -0.15) is 0 Å². The number of pyridine rings is 1. The molecule has 2 heterocycles. The van der Waals surface area contributed by atoms with Gasteiger partial charge in [0.05, 0.1) is 5.69 Å². The number of carbonyl (C=O) groups excluding carboxylic acids is 1. The van der Waals surface area contributed by atoms with Crippen LogP contribution in [0.5, 0.6) is 5.75 Å². The van der Waals surface area contributed by atoms with E-state index in [4.69, 9.17) is 4.74 Å². The van der Waals surface area contributed by atoms with Crippen molar-refractivity contribution in [1.82, 2.24) is 9.38 Å². The molecule has 29 heavy (non-hydrogen) atoms. The van der Waals surface area contributed by atoms with E-state index in [1.165, 1.54) is 16.9 Å². The zero-order valence-electron chi connectivity index (χ0n) is 16.6. The molecular weight excluding hydrogens is 366 g/mol. The maximum absolute atomic E-state index is 12.5. The fraction of sp³-hybridized carbons (Fsp3) is 0.348. The Morgan fingerprint density at radius 1 is 1.17 bits per heavy atom. The van der Waals surface area contributed by atoms with Gasteiger partial charge in [0.25, 0.3) is 5.56 Å². The van der Waals surface area contributed by atoms with E-state index in [0.717, 1.165) is 36.9 Å². The minimum absolute atomic E-state index is 0.0868. The number of aryl methyl sites for hydroxylation is 1. The van der Waals surface area contributed by atoms with Crippen molar-refractivity contribution in [3.05, 3.63) is 70.3 Å². The number of hydrogen-bond acceptors (Lipinski definition) is 4. The summed E-state index contributed by atoms with van der Waals surface area (Å²) in [5, 5.41) is 3.02. The quantitative estimate of drug-likeness (QED) is 0.711. The number of fused-ring (bicyclic) bond motifs is 1. The molecule has 1 saturated carbocycles. The zero-order valence-corrected chi connectivity index (χ0v) is 16.6. The van der Waals surface area contributed by atoms with E-state index in [1.807, 2.05) is 31.2 Å². The summed E-state index contributed by atoms with van der Waals surface area (Å²) in [5.41, 5.74) is 2.70. The third-order valence-corrected chi connectivity index (χ3v) is 5.43. The fourth-order valence-corrected chi connectivity index (χ4v) is 3.77. The predicted octanol–water partition coefficient (Wildman–Crippen LogP) is 4.10. The van der Waals surface area contributed by atoms with Crippen LogP contribution in [0.4, 0.5) is 5.69 Å². The molecule has 4 rings (SSSR count). The normalized spacial score (nSPS) is 14.7. The van der Waals surface area contributed by atoms with Crippen molar-refractivity contribution in [2.75, 3.05) is 5.32 Å². The summed E-state index contributed by atoms with van der Waals surface area (Å²) in [4.78, 5) is 29.2. The van der Waals surface area contributed by atoms with E-state index in [9.17, 15) is 9.59 Å². The minimum Gasteiger partial charge on any atom is -0.487 e.